The number of carbonyl (C=O) groups excluding carboxylic acids is 2. The van der Waals surface area contributed by atoms with Crippen LogP contribution in [0, 0.1) is 0 Å². The van der Waals surface area contributed by atoms with Crippen molar-refractivity contribution in [2.45, 2.75) is 13.3 Å². The van der Waals surface area contributed by atoms with E-state index in [4.69, 9.17) is 10.8 Å². The molecule has 2 amide bonds. The summed E-state index contributed by atoms with van der Waals surface area (Å²) in [7, 11) is 0. The summed E-state index contributed by atoms with van der Waals surface area (Å²) in [6.45, 7) is 3.58. The first kappa shape index (κ1) is 22.2. The lowest BCUT2D eigenvalue weighted by Gasteiger charge is -2.06. The van der Waals surface area contributed by atoms with E-state index in [2.05, 4.69) is 10.6 Å². The highest BCUT2D eigenvalue weighted by Crippen LogP contribution is 2.30. The van der Waals surface area contributed by atoms with E-state index in [9.17, 15) is 9.59 Å². The number of carbonyl (C=O) groups is 2. The Bertz CT molecular complexity index is 1260. The molecule has 3 aromatic carbocycles. The molecule has 0 aliphatic carbocycles. The summed E-state index contributed by atoms with van der Waals surface area (Å²) in [6.07, 6.45) is 0.748. The zero-order valence-electron chi connectivity index (χ0n) is 18.5. The first-order valence-corrected chi connectivity index (χ1v) is 11.1. The molecule has 4 aromatic rings. The zero-order chi connectivity index (χ0) is 23.2. The molecule has 0 bridgehead atoms. The van der Waals surface area contributed by atoms with Crippen molar-refractivity contribution in [2.75, 3.05) is 19.6 Å². The van der Waals surface area contributed by atoms with E-state index >= 15 is 0 Å². The maximum Gasteiger partial charge on any atom is 0.251 e. The minimum absolute atomic E-state index is 0.0952. The van der Waals surface area contributed by atoms with E-state index in [0.29, 0.717) is 30.8 Å². The lowest BCUT2D eigenvalue weighted by Crippen LogP contribution is -2.25. The number of nitrogens with one attached hydrogen (secondary N) is 2. The molecule has 0 unspecified atom stereocenters. The summed E-state index contributed by atoms with van der Waals surface area (Å²) in [5.74, 6) is -0.209. The number of amides is 2. The predicted octanol–water partition coefficient (Wildman–Crippen LogP) is 3.52. The largest absolute Gasteiger partial charge is 0.352 e. The van der Waals surface area contributed by atoms with Crippen molar-refractivity contribution >= 4 is 22.7 Å². The summed E-state index contributed by atoms with van der Waals surface area (Å²) in [5.41, 5.74) is 10.3. The van der Waals surface area contributed by atoms with Gasteiger partial charge in [0.05, 0.1) is 11.2 Å². The summed E-state index contributed by atoms with van der Waals surface area (Å²) in [5, 5.41) is 11.6. The van der Waals surface area contributed by atoms with Gasteiger partial charge in [0.2, 0.25) is 0 Å². The van der Waals surface area contributed by atoms with E-state index in [1.165, 1.54) is 0 Å². The third-order valence-corrected chi connectivity index (χ3v) is 5.39. The second kappa shape index (κ2) is 10.1. The molecule has 1 heterocycles. The highest BCUT2D eigenvalue weighted by Gasteiger charge is 2.14. The molecule has 168 valence electrons. The first-order chi connectivity index (χ1) is 16.1. The maximum absolute atomic E-state index is 12.3. The Morgan fingerprint density at radius 1 is 0.879 bits per heavy atom. The molecule has 0 spiro atoms. The number of hydrogen-bond acceptors (Lipinski definition) is 4. The fraction of sp³-hybridized carbons (Fsp3) is 0.192. The lowest BCUT2D eigenvalue weighted by molar-refractivity contribution is 0.0946. The van der Waals surface area contributed by atoms with Crippen LogP contribution in [0.25, 0.3) is 27.8 Å². The van der Waals surface area contributed by atoms with Crippen LogP contribution in [-0.2, 0) is 0 Å². The minimum atomic E-state index is -0.113. The Hall–Kier alpha value is -3.97. The monoisotopic (exact) mass is 441 g/mol. The van der Waals surface area contributed by atoms with Gasteiger partial charge in [-0.25, -0.2) is 4.68 Å². The van der Waals surface area contributed by atoms with Crippen molar-refractivity contribution < 1.29 is 9.59 Å². The SMILES string of the molecule is CCNC(=O)c1ccc(-n2nc(-c3ccc(C(=O)NCCCN)cc3)c3ccccc32)cc1. The molecule has 7 nitrogen and oxygen atoms in total. The number of nitrogens with two attached hydrogens (primary N) is 1. The van der Waals surface area contributed by atoms with Gasteiger partial charge in [-0.1, -0.05) is 30.3 Å². The van der Waals surface area contributed by atoms with Crippen molar-refractivity contribution in [1.29, 1.82) is 0 Å². The molecular weight excluding hydrogens is 414 g/mol. The van der Waals surface area contributed by atoms with Crippen LogP contribution in [0.5, 0.6) is 0 Å². The van der Waals surface area contributed by atoms with Crippen LogP contribution in [0.1, 0.15) is 34.1 Å². The van der Waals surface area contributed by atoms with Crippen LogP contribution in [0.4, 0.5) is 0 Å². The molecule has 4 rings (SSSR count). The van der Waals surface area contributed by atoms with Gasteiger partial charge < -0.3 is 16.4 Å². The van der Waals surface area contributed by atoms with Crippen LogP contribution >= 0.6 is 0 Å². The number of hydrogen-bond donors (Lipinski definition) is 3. The van der Waals surface area contributed by atoms with E-state index in [-0.39, 0.29) is 11.8 Å². The third-order valence-electron chi connectivity index (χ3n) is 5.39. The normalized spacial score (nSPS) is 10.8. The average molecular weight is 442 g/mol. The smallest absolute Gasteiger partial charge is 0.251 e. The zero-order valence-corrected chi connectivity index (χ0v) is 18.5. The van der Waals surface area contributed by atoms with Crippen LogP contribution in [0.3, 0.4) is 0 Å². The molecule has 0 saturated carbocycles. The molecule has 0 atom stereocenters. The number of aromatic nitrogens is 2. The number of nitrogens with zero attached hydrogens (tertiary/aromatic N) is 2. The second-order valence-corrected chi connectivity index (χ2v) is 7.66. The minimum Gasteiger partial charge on any atom is -0.352 e. The van der Waals surface area contributed by atoms with Gasteiger partial charge in [0, 0.05) is 35.2 Å². The van der Waals surface area contributed by atoms with Gasteiger partial charge in [-0.2, -0.15) is 5.10 Å². The van der Waals surface area contributed by atoms with E-state index < -0.39 is 0 Å². The van der Waals surface area contributed by atoms with Crippen LogP contribution in [-0.4, -0.2) is 41.2 Å². The van der Waals surface area contributed by atoms with Gasteiger partial charge in [-0.05, 0) is 62.4 Å². The molecular formula is C26H27N5O2. The van der Waals surface area contributed by atoms with E-state index in [0.717, 1.165) is 34.3 Å². The van der Waals surface area contributed by atoms with Gasteiger partial charge >= 0.3 is 0 Å². The summed E-state index contributed by atoms with van der Waals surface area (Å²) in [4.78, 5) is 24.4. The quantitative estimate of drug-likeness (QED) is 0.364. The molecule has 0 fully saturated rings. The van der Waals surface area contributed by atoms with Crippen molar-refractivity contribution in [3.8, 4) is 16.9 Å². The van der Waals surface area contributed by atoms with Gasteiger partial charge in [0.1, 0.15) is 5.69 Å². The van der Waals surface area contributed by atoms with Gasteiger partial charge in [0.15, 0.2) is 0 Å². The maximum atomic E-state index is 12.3. The fourth-order valence-electron chi connectivity index (χ4n) is 3.68. The Morgan fingerprint density at radius 3 is 2.18 bits per heavy atom. The molecule has 0 radical (unpaired) electrons. The standard InChI is InChI=1S/C26H27N5O2/c1-2-28-25(32)20-12-14-21(15-13-20)31-23-7-4-3-6-22(23)24(30-31)18-8-10-19(11-9-18)26(33)29-17-5-16-27/h3-4,6-15H,2,5,16-17,27H2,1H3,(H,28,32)(H,29,33). The topological polar surface area (TPSA) is 102 Å². The Kier molecular flexibility index (Phi) is 6.80. The number of fused-ring (bicyclic) bond motifs is 1. The van der Waals surface area contributed by atoms with Crippen molar-refractivity contribution in [2.24, 2.45) is 5.73 Å². The Morgan fingerprint density at radius 2 is 1.52 bits per heavy atom. The van der Waals surface area contributed by atoms with Crippen LogP contribution < -0.4 is 16.4 Å². The molecule has 0 saturated heterocycles. The fourth-order valence-corrected chi connectivity index (χ4v) is 3.68. The summed E-state index contributed by atoms with van der Waals surface area (Å²) in [6, 6.07) is 22.8. The predicted molar refractivity (Wildman–Crippen MR) is 131 cm³/mol. The summed E-state index contributed by atoms with van der Waals surface area (Å²) < 4.78 is 1.87. The van der Waals surface area contributed by atoms with E-state index in [1.807, 2.05) is 72.3 Å². The lowest BCUT2D eigenvalue weighted by atomic mass is 10.1. The van der Waals surface area contributed by atoms with Crippen molar-refractivity contribution in [3.05, 3.63) is 83.9 Å². The van der Waals surface area contributed by atoms with Gasteiger partial charge in [-0.15, -0.1) is 0 Å². The van der Waals surface area contributed by atoms with E-state index in [1.54, 1.807) is 12.1 Å². The third kappa shape index (κ3) is 4.78. The summed E-state index contributed by atoms with van der Waals surface area (Å²) >= 11 is 0. The molecule has 33 heavy (non-hydrogen) atoms. The average Bonchev–Trinajstić information content (AvgIpc) is 3.24. The number of rotatable bonds is 8. The van der Waals surface area contributed by atoms with Crippen molar-refractivity contribution in [1.82, 2.24) is 20.4 Å². The molecule has 7 heteroatoms. The van der Waals surface area contributed by atoms with Crippen molar-refractivity contribution in [3.63, 3.8) is 0 Å². The molecule has 1 aromatic heterocycles. The molecule has 4 N–H and O–H groups in total. The highest BCUT2D eigenvalue weighted by molar-refractivity contribution is 5.97. The molecule has 0 aliphatic heterocycles. The number of benzene rings is 3. The second-order valence-electron chi connectivity index (χ2n) is 7.66. The first-order valence-electron chi connectivity index (χ1n) is 11.1. The Balaban J connectivity index is 1.65. The van der Waals surface area contributed by atoms with Gasteiger partial charge in [-0.3, -0.25) is 9.59 Å². The number of para-hydroxylation sites is 1. The highest BCUT2D eigenvalue weighted by atomic mass is 16.2. The Labute approximate surface area is 192 Å². The van der Waals surface area contributed by atoms with Crippen LogP contribution in [0.2, 0.25) is 0 Å². The van der Waals surface area contributed by atoms with Gasteiger partial charge in [0.25, 0.3) is 11.8 Å². The molecule has 0 aliphatic rings. The van der Waals surface area contributed by atoms with Crippen LogP contribution in [0.15, 0.2) is 72.8 Å².